The molecule has 9 heteroatoms. The van der Waals surface area contributed by atoms with E-state index < -0.39 is 18.2 Å². The molecule has 0 atom stereocenters. The summed E-state index contributed by atoms with van der Waals surface area (Å²) in [4.78, 5) is 23.4. The van der Waals surface area contributed by atoms with E-state index in [4.69, 9.17) is 4.74 Å². The second-order valence-electron chi connectivity index (χ2n) is 6.28. The van der Waals surface area contributed by atoms with Crippen molar-refractivity contribution in [3.8, 4) is 22.6 Å². The highest BCUT2D eigenvalue weighted by molar-refractivity contribution is 6.37. The second kappa shape index (κ2) is 10.00. The van der Waals surface area contributed by atoms with Crippen LogP contribution < -0.4 is 14.8 Å². The Balaban J connectivity index is 2.41. The van der Waals surface area contributed by atoms with E-state index in [0.29, 0.717) is 16.9 Å². The monoisotopic (exact) mass is 425 g/mol. The molecule has 1 amide bonds. The van der Waals surface area contributed by atoms with Crippen molar-refractivity contribution >= 4 is 17.6 Å². The summed E-state index contributed by atoms with van der Waals surface area (Å²) in [7, 11) is 1.08. The van der Waals surface area contributed by atoms with Gasteiger partial charge in [0.2, 0.25) is 0 Å². The van der Waals surface area contributed by atoms with Crippen molar-refractivity contribution in [2.75, 3.05) is 12.4 Å². The number of carbonyl (C=O) groups excluding carboxylic acids is 2. The zero-order chi connectivity index (χ0) is 22.3. The first-order valence-corrected chi connectivity index (χ1v) is 9.23. The summed E-state index contributed by atoms with van der Waals surface area (Å²) in [6.45, 7) is 3.97. The maximum absolute atomic E-state index is 12.4. The van der Waals surface area contributed by atoms with Gasteiger partial charge in [-0.1, -0.05) is 26.0 Å². The first-order valence-electron chi connectivity index (χ1n) is 9.23. The molecule has 2 rings (SSSR count). The summed E-state index contributed by atoms with van der Waals surface area (Å²) in [5, 5.41) is 2.44. The van der Waals surface area contributed by atoms with Crippen LogP contribution in [0.2, 0.25) is 0 Å². The first kappa shape index (κ1) is 23.1. The summed E-state index contributed by atoms with van der Waals surface area (Å²) >= 11 is 0. The molecule has 162 valence electrons. The van der Waals surface area contributed by atoms with Crippen molar-refractivity contribution in [3.05, 3.63) is 42.5 Å². The van der Waals surface area contributed by atoms with Crippen LogP contribution in [-0.4, -0.2) is 31.5 Å². The Morgan fingerprint density at radius 1 is 1.00 bits per heavy atom. The van der Waals surface area contributed by atoms with Crippen molar-refractivity contribution in [3.63, 3.8) is 0 Å². The van der Waals surface area contributed by atoms with Gasteiger partial charge in [0.05, 0.1) is 13.2 Å². The molecule has 0 bridgehead atoms. The highest BCUT2D eigenvalue weighted by Crippen LogP contribution is 2.34. The zero-order valence-electron chi connectivity index (χ0n) is 16.7. The maximum Gasteiger partial charge on any atom is 0.573 e. The van der Waals surface area contributed by atoms with Gasteiger partial charge >= 0.3 is 18.2 Å². The molecule has 0 saturated carbocycles. The van der Waals surface area contributed by atoms with Gasteiger partial charge in [0.15, 0.2) is 0 Å². The van der Waals surface area contributed by atoms with Gasteiger partial charge < -0.3 is 19.5 Å². The lowest BCUT2D eigenvalue weighted by molar-refractivity contribution is -0.274. The average molecular weight is 425 g/mol. The molecule has 30 heavy (non-hydrogen) atoms. The molecule has 0 spiro atoms. The number of methoxy groups -OCH3 is 1. The van der Waals surface area contributed by atoms with Crippen molar-refractivity contribution in [2.24, 2.45) is 0 Å². The van der Waals surface area contributed by atoms with Gasteiger partial charge in [-0.3, -0.25) is 4.79 Å². The number of amides is 1. The average Bonchev–Trinajstić information content (AvgIpc) is 2.71. The fourth-order valence-corrected chi connectivity index (χ4v) is 2.69. The topological polar surface area (TPSA) is 73.9 Å². The molecule has 0 aliphatic rings. The first-order chi connectivity index (χ1) is 14.2. The van der Waals surface area contributed by atoms with Crippen LogP contribution in [-0.2, 0) is 14.3 Å². The molecule has 2 aromatic carbocycles. The van der Waals surface area contributed by atoms with Crippen molar-refractivity contribution in [2.45, 2.75) is 39.2 Å². The Morgan fingerprint density at radius 3 is 2.13 bits per heavy atom. The number of nitrogens with one attached hydrogen (secondary N) is 1. The summed E-state index contributed by atoms with van der Waals surface area (Å²) < 4.78 is 51.4. The Hall–Kier alpha value is -3.23. The Morgan fingerprint density at radius 2 is 1.60 bits per heavy atom. The van der Waals surface area contributed by atoms with Gasteiger partial charge in [0, 0.05) is 11.3 Å². The number of hydrogen-bond donors (Lipinski definition) is 1. The minimum absolute atomic E-state index is 0.0177. The lowest BCUT2D eigenvalue weighted by Crippen LogP contribution is -2.24. The predicted octanol–water partition coefficient (Wildman–Crippen LogP) is 4.93. The van der Waals surface area contributed by atoms with Gasteiger partial charge in [0.25, 0.3) is 0 Å². The molecule has 0 saturated heterocycles. The molecule has 0 radical (unpaired) electrons. The van der Waals surface area contributed by atoms with E-state index in [1.165, 1.54) is 12.1 Å². The summed E-state index contributed by atoms with van der Waals surface area (Å²) in [5.74, 6) is -1.92. The highest BCUT2D eigenvalue weighted by atomic mass is 19.4. The number of halogens is 3. The molecule has 0 heterocycles. The lowest BCUT2D eigenvalue weighted by Gasteiger charge is -2.18. The van der Waals surface area contributed by atoms with E-state index in [9.17, 15) is 22.8 Å². The number of benzene rings is 2. The number of carbonyl (C=O) groups is 2. The van der Waals surface area contributed by atoms with Gasteiger partial charge in [-0.25, -0.2) is 4.79 Å². The number of hydrogen-bond acceptors (Lipinski definition) is 5. The van der Waals surface area contributed by atoms with Crippen LogP contribution in [0.5, 0.6) is 11.5 Å². The molecule has 0 unspecified atom stereocenters. The third-order valence-corrected chi connectivity index (χ3v) is 4.22. The van der Waals surface area contributed by atoms with Crippen LogP contribution in [0.15, 0.2) is 42.5 Å². The minimum Gasteiger partial charge on any atom is -0.490 e. The SMILES string of the molecule is CCC(CC)Oc1ccc(NC(=O)C(=O)OC)c(-c2ccc(OC(F)(F)F)cc2)c1. The smallest absolute Gasteiger partial charge is 0.490 e. The van der Waals surface area contributed by atoms with Crippen LogP contribution in [0, 0.1) is 0 Å². The van der Waals surface area contributed by atoms with E-state index >= 15 is 0 Å². The van der Waals surface area contributed by atoms with E-state index in [2.05, 4.69) is 14.8 Å². The van der Waals surface area contributed by atoms with Gasteiger partial charge in [-0.15, -0.1) is 13.2 Å². The molecule has 6 nitrogen and oxygen atoms in total. The fourth-order valence-electron chi connectivity index (χ4n) is 2.69. The van der Waals surface area contributed by atoms with Crippen LogP contribution in [0.25, 0.3) is 11.1 Å². The van der Waals surface area contributed by atoms with Crippen molar-refractivity contribution in [1.82, 2.24) is 0 Å². The molecule has 0 aliphatic heterocycles. The predicted molar refractivity (Wildman–Crippen MR) is 104 cm³/mol. The molecular weight excluding hydrogens is 403 g/mol. The highest BCUT2D eigenvalue weighted by Gasteiger charge is 2.31. The number of rotatable bonds is 7. The molecule has 1 N–H and O–H groups in total. The standard InChI is InChI=1S/C21H22F3NO5/c1-4-14(5-2)29-16-10-11-18(25-19(26)20(27)28-3)17(12-16)13-6-8-15(9-7-13)30-21(22,23)24/h6-12,14H,4-5H2,1-3H3,(H,25,26). The number of alkyl halides is 3. The molecule has 2 aromatic rings. The van der Waals surface area contributed by atoms with Gasteiger partial charge in [0.1, 0.15) is 11.5 Å². The second-order valence-corrected chi connectivity index (χ2v) is 6.28. The van der Waals surface area contributed by atoms with Crippen LogP contribution in [0.4, 0.5) is 18.9 Å². The third-order valence-electron chi connectivity index (χ3n) is 4.22. The molecule has 0 aromatic heterocycles. The molecule has 0 fully saturated rings. The summed E-state index contributed by atoms with van der Waals surface area (Å²) in [6, 6.07) is 9.96. The van der Waals surface area contributed by atoms with Crippen LogP contribution >= 0.6 is 0 Å². The Kier molecular flexibility index (Phi) is 7.68. The number of esters is 1. The Labute approximate surface area is 171 Å². The number of ether oxygens (including phenoxy) is 3. The van der Waals surface area contributed by atoms with Crippen molar-refractivity contribution < 1.29 is 37.0 Å². The quantitative estimate of drug-likeness (QED) is 0.503. The molecular formula is C21H22F3NO5. The largest absolute Gasteiger partial charge is 0.573 e. The zero-order valence-corrected chi connectivity index (χ0v) is 16.7. The van der Waals surface area contributed by atoms with Crippen molar-refractivity contribution in [1.29, 1.82) is 0 Å². The van der Waals surface area contributed by atoms with E-state index in [1.54, 1.807) is 18.2 Å². The van der Waals surface area contributed by atoms with E-state index in [-0.39, 0.29) is 17.5 Å². The molecule has 0 aliphatic carbocycles. The Bertz CT molecular complexity index is 877. The lowest BCUT2D eigenvalue weighted by atomic mass is 10.0. The van der Waals surface area contributed by atoms with E-state index in [0.717, 1.165) is 32.1 Å². The summed E-state index contributed by atoms with van der Waals surface area (Å²) in [5.41, 5.74) is 1.21. The van der Waals surface area contributed by atoms with Gasteiger partial charge in [-0.05, 0) is 48.7 Å². The summed E-state index contributed by atoms with van der Waals surface area (Å²) in [6.07, 6.45) is -3.24. The van der Waals surface area contributed by atoms with E-state index in [1.807, 2.05) is 13.8 Å². The number of anilines is 1. The normalized spacial score (nSPS) is 11.2. The van der Waals surface area contributed by atoms with Crippen LogP contribution in [0.1, 0.15) is 26.7 Å². The maximum atomic E-state index is 12.4. The third kappa shape index (κ3) is 6.40. The fraction of sp³-hybridized carbons (Fsp3) is 0.333. The van der Waals surface area contributed by atoms with Crippen LogP contribution in [0.3, 0.4) is 0 Å². The van der Waals surface area contributed by atoms with Gasteiger partial charge in [-0.2, -0.15) is 0 Å². The minimum atomic E-state index is -4.80.